The predicted octanol–water partition coefficient (Wildman–Crippen LogP) is 0.639. The van der Waals surface area contributed by atoms with E-state index in [0.717, 1.165) is 0 Å². The van der Waals surface area contributed by atoms with E-state index in [-0.39, 0.29) is 6.54 Å². The van der Waals surface area contributed by atoms with Crippen molar-refractivity contribution in [3.05, 3.63) is 28.8 Å². The molecule has 0 aromatic heterocycles. The van der Waals surface area contributed by atoms with Gasteiger partial charge in [-0.05, 0) is 18.2 Å². The number of nitrogens with two attached hydrogens (primary N) is 1. The highest BCUT2D eigenvalue weighted by atomic mass is 35.5. The first-order valence-corrected chi connectivity index (χ1v) is 8.19. The van der Waals surface area contributed by atoms with Crippen LogP contribution >= 0.6 is 11.6 Å². The van der Waals surface area contributed by atoms with Crippen molar-refractivity contribution in [2.75, 3.05) is 37.6 Å². The Balaban J connectivity index is 2.27. The van der Waals surface area contributed by atoms with Crippen molar-refractivity contribution in [1.29, 1.82) is 0 Å². The number of hydrogen-bond acceptors (Lipinski definition) is 4. The van der Waals surface area contributed by atoms with Crippen molar-refractivity contribution < 1.29 is 13.2 Å². The minimum absolute atomic E-state index is 0.193. The highest BCUT2D eigenvalue weighted by Crippen LogP contribution is 2.22. The largest absolute Gasteiger partial charge is 0.379 e. The highest BCUT2D eigenvalue weighted by molar-refractivity contribution is 7.90. The number of anilines is 1. The first kappa shape index (κ1) is 16.1. The van der Waals surface area contributed by atoms with Gasteiger partial charge in [0.25, 0.3) is 0 Å². The van der Waals surface area contributed by atoms with E-state index in [1.54, 1.807) is 12.1 Å². The number of hydrogen-bond donors (Lipinski definition) is 2. The van der Waals surface area contributed by atoms with E-state index < -0.39 is 10.2 Å². The van der Waals surface area contributed by atoms with Gasteiger partial charge in [0.1, 0.15) is 0 Å². The summed E-state index contributed by atoms with van der Waals surface area (Å²) in [6, 6.07) is 4.83. The van der Waals surface area contributed by atoms with Crippen LogP contribution in [0.5, 0.6) is 0 Å². The van der Waals surface area contributed by atoms with Crippen LogP contribution in [-0.4, -0.2) is 45.6 Å². The average Bonchev–Trinajstić information content (AvgIpc) is 2.47. The minimum atomic E-state index is -3.66. The summed E-state index contributed by atoms with van der Waals surface area (Å²) >= 11 is 5.92. The van der Waals surface area contributed by atoms with Crippen LogP contribution in [0.25, 0.3) is 0 Å². The van der Waals surface area contributed by atoms with Gasteiger partial charge in [-0.15, -0.1) is 0 Å². The van der Waals surface area contributed by atoms with Gasteiger partial charge < -0.3 is 10.5 Å². The standard InChI is InChI=1S/C13H16ClN3O3S/c14-12-4-3-11(2-1-5-15)13(10-12)16-21(18,19)17-6-8-20-9-7-17/h3-4,10,16H,5-9,15H2. The van der Waals surface area contributed by atoms with Gasteiger partial charge in [-0.2, -0.15) is 12.7 Å². The molecule has 3 N–H and O–H groups in total. The summed E-state index contributed by atoms with van der Waals surface area (Å²) in [6.07, 6.45) is 0. The molecule has 0 bridgehead atoms. The lowest BCUT2D eigenvalue weighted by Crippen LogP contribution is -2.43. The van der Waals surface area contributed by atoms with Gasteiger partial charge in [0, 0.05) is 23.7 Å². The number of nitrogens with zero attached hydrogens (tertiary/aromatic N) is 1. The van der Waals surface area contributed by atoms with Gasteiger partial charge in [-0.25, -0.2) is 0 Å². The Morgan fingerprint density at radius 3 is 2.76 bits per heavy atom. The van der Waals surface area contributed by atoms with E-state index in [0.29, 0.717) is 42.6 Å². The molecule has 1 aromatic rings. The van der Waals surface area contributed by atoms with Gasteiger partial charge in [0.2, 0.25) is 0 Å². The molecule has 21 heavy (non-hydrogen) atoms. The maximum atomic E-state index is 12.3. The van der Waals surface area contributed by atoms with Crippen molar-refractivity contribution in [1.82, 2.24) is 4.31 Å². The number of halogens is 1. The van der Waals surface area contributed by atoms with Crippen LogP contribution in [0.4, 0.5) is 5.69 Å². The van der Waals surface area contributed by atoms with Crippen molar-refractivity contribution in [3.8, 4) is 11.8 Å². The smallest absolute Gasteiger partial charge is 0.301 e. The Bertz CT molecular complexity index is 661. The lowest BCUT2D eigenvalue weighted by atomic mass is 10.2. The second kappa shape index (κ2) is 7.11. The highest BCUT2D eigenvalue weighted by Gasteiger charge is 2.24. The van der Waals surface area contributed by atoms with E-state index in [1.165, 1.54) is 10.4 Å². The monoisotopic (exact) mass is 329 g/mol. The summed E-state index contributed by atoms with van der Waals surface area (Å²) in [7, 11) is -3.66. The molecule has 0 aliphatic carbocycles. The molecular formula is C13H16ClN3O3S. The molecule has 0 amide bonds. The molecule has 114 valence electrons. The van der Waals surface area contributed by atoms with Crippen molar-refractivity contribution in [2.45, 2.75) is 0 Å². The molecule has 1 aliphatic heterocycles. The number of morpholine rings is 1. The number of benzene rings is 1. The van der Waals surface area contributed by atoms with E-state index in [1.807, 2.05) is 0 Å². The molecule has 1 aromatic carbocycles. The molecule has 2 rings (SSSR count). The Labute approximate surface area is 129 Å². The molecule has 1 saturated heterocycles. The Kier molecular flexibility index (Phi) is 5.45. The second-order valence-electron chi connectivity index (χ2n) is 4.31. The summed E-state index contributed by atoms with van der Waals surface area (Å²) in [6.45, 7) is 1.60. The van der Waals surface area contributed by atoms with Crippen molar-refractivity contribution >= 4 is 27.5 Å². The van der Waals surface area contributed by atoms with Crippen LogP contribution in [0.2, 0.25) is 5.02 Å². The molecule has 8 heteroatoms. The van der Waals surface area contributed by atoms with E-state index >= 15 is 0 Å². The van der Waals surface area contributed by atoms with Crippen molar-refractivity contribution in [3.63, 3.8) is 0 Å². The zero-order valence-electron chi connectivity index (χ0n) is 11.3. The maximum Gasteiger partial charge on any atom is 0.301 e. The normalized spacial score (nSPS) is 16.1. The van der Waals surface area contributed by atoms with Gasteiger partial charge in [-0.3, -0.25) is 4.72 Å². The van der Waals surface area contributed by atoms with Gasteiger partial charge in [0.05, 0.1) is 25.4 Å². The molecule has 1 heterocycles. The second-order valence-corrected chi connectivity index (χ2v) is 6.42. The molecule has 6 nitrogen and oxygen atoms in total. The van der Waals surface area contributed by atoms with E-state index in [2.05, 4.69) is 16.6 Å². The van der Waals surface area contributed by atoms with Crippen LogP contribution in [0, 0.1) is 11.8 Å². The van der Waals surface area contributed by atoms with Crippen LogP contribution in [-0.2, 0) is 14.9 Å². The summed E-state index contributed by atoms with van der Waals surface area (Å²) < 4.78 is 33.7. The Hall–Kier alpha value is -1.30. The molecule has 0 spiro atoms. The van der Waals surface area contributed by atoms with Crippen molar-refractivity contribution in [2.24, 2.45) is 5.73 Å². The first-order valence-electron chi connectivity index (χ1n) is 6.37. The Morgan fingerprint density at radius 1 is 1.38 bits per heavy atom. The maximum absolute atomic E-state index is 12.3. The third-order valence-corrected chi connectivity index (χ3v) is 4.61. The first-order chi connectivity index (χ1) is 10.0. The topological polar surface area (TPSA) is 84.7 Å². The van der Waals surface area contributed by atoms with Gasteiger partial charge in [-0.1, -0.05) is 23.4 Å². The zero-order chi connectivity index (χ0) is 15.3. The Morgan fingerprint density at radius 2 is 2.10 bits per heavy atom. The van der Waals surface area contributed by atoms with Crippen LogP contribution < -0.4 is 10.5 Å². The third-order valence-electron chi connectivity index (χ3n) is 2.86. The molecule has 0 unspecified atom stereocenters. The lowest BCUT2D eigenvalue weighted by molar-refractivity contribution is 0.0733. The molecule has 1 aliphatic rings. The number of nitrogens with one attached hydrogen (secondary N) is 1. The fourth-order valence-electron chi connectivity index (χ4n) is 1.85. The minimum Gasteiger partial charge on any atom is -0.379 e. The van der Waals surface area contributed by atoms with Gasteiger partial charge >= 0.3 is 10.2 Å². The zero-order valence-corrected chi connectivity index (χ0v) is 12.9. The summed E-state index contributed by atoms with van der Waals surface area (Å²) in [4.78, 5) is 0. The molecule has 1 fully saturated rings. The lowest BCUT2D eigenvalue weighted by Gasteiger charge is -2.26. The van der Waals surface area contributed by atoms with Gasteiger partial charge in [0.15, 0.2) is 0 Å². The number of ether oxygens (including phenoxy) is 1. The summed E-state index contributed by atoms with van der Waals surface area (Å²) in [5.41, 5.74) is 6.21. The summed E-state index contributed by atoms with van der Waals surface area (Å²) in [5, 5.41) is 0.424. The predicted molar refractivity (Wildman–Crippen MR) is 82.3 cm³/mol. The van der Waals surface area contributed by atoms with Crippen LogP contribution in [0.15, 0.2) is 18.2 Å². The fraction of sp³-hybridized carbons (Fsp3) is 0.385. The van der Waals surface area contributed by atoms with Crippen LogP contribution in [0.1, 0.15) is 5.56 Å². The van der Waals surface area contributed by atoms with E-state index in [9.17, 15) is 8.42 Å². The molecule has 0 atom stereocenters. The number of rotatable bonds is 3. The third kappa shape index (κ3) is 4.33. The SMILES string of the molecule is NCC#Cc1ccc(Cl)cc1NS(=O)(=O)N1CCOCC1. The average molecular weight is 330 g/mol. The van der Waals surface area contributed by atoms with Crippen LogP contribution in [0.3, 0.4) is 0 Å². The molecule has 0 radical (unpaired) electrons. The quantitative estimate of drug-likeness (QED) is 0.797. The molecular weight excluding hydrogens is 314 g/mol. The van der Waals surface area contributed by atoms with E-state index in [4.69, 9.17) is 22.1 Å². The fourth-order valence-corrected chi connectivity index (χ4v) is 3.22. The summed E-state index contributed by atoms with van der Waals surface area (Å²) in [5.74, 6) is 5.52. The molecule has 0 saturated carbocycles.